The topological polar surface area (TPSA) is 346 Å². The maximum absolute atomic E-state index is 15.3. The summed E-state index contributed by atoms with van der Waals surface area (Å²) in [6.07, 6.45) is 0.531. The number of benzene rings is 4. The third kappa shape index (κ3) is 28.0. The Balaban J connectivity index is 1.41. The van der Waals surface area contributed by atoms with E-state index < -0.39 is 167 Å². The van der Waals surface area contributed by atoms with Crippen molar-refractivity contribution < 1.29 is 67.4 Å². The molecule has 0 aliphatic carbocycles. The largest absolute Gasteiger partial charge is 0.391 e. The van der Waals surface area contributed by atoms with Crippen LogP contribution in [0.1, 0.15) is 137 Å². The SMILES string of the molecule is CN[C@@H](C)C(=O)N[C@H](C(=O)N(C)[C@@H](CC(C)C)C(=O)N[C@H](C(=O)N(C)[C@@H](Cc1ccccc1)C(=O)NCC(=O)N(C)[C@@H](CC(C)C)C(=O)N(C)[C@H](C(=O)N[C@@H](Cc1ccccc1)C(=O)N[C@@H](CC(=O)SCc1ccccc1)C(=O)N(C)[C@@H](Cc1ccccc1)C(=O)N[C@@H](C)C(=O)N1CCCCC1)C(C)C)[C@@H](C)O)C(C)C. The van der Waals surface area contributed by atoms with E-state index in [0.29, 0.717) is 29.8 Å². The van der Waals surface area contributed by atoms with E-state index in [-0.39, 0.29) is 55.6 Å². The fraction of sp³-hybridized carbons (Fsp3) is 0.554. The van der Waals surface area contributed by atoms with Crippen molar-refractivity contribution in [2.24, 2.45) is 23.7 Å². The van der Waals surface area contributed by atoms with Gasteiger partial charge in [0, 0.05) is 79.8 Å². The Labute approximate surface area is 660 Å². The minimum absolute atomic E-state index is 0.00597. The highest BCUT2D eigenvalue weighted by Gasteiger charge is 2.43. The summed E-state index contributed by atoms with van der Waals surface area (Å²) in [5.41, 5.74) is 2.71. The van der Waals surface area contributed by atoms with Crippen molar-refractivity contribution in [2.75, 3.05) is 61.9 Å². The molecule has 1 saturated heterocycles. The maximum Gasteiger partial charge on any atom is 0.248 e. The lowest BCUT2D eigenvalue weighted by atomic mass is 9.96. The van der Waals surface area contributed by atoms with Gasteiger partial charge in [-0.25, -0.2) is 0 Å². The molecular weight excluding hydrogens is 1440 g/mol. The molecular formula is C83H121N13O14S. The first-order valence-corrected chi connectivity index (χ1v) is 39.5. The average Bonchev–Trinajstić information content (AvgIpc) is 0.820. The number of likely N-dealkylation sites (N-methyl/N-ethyl adjacent to an activating group) is 6. The first-order valence-electron chi connectivity index (χ1n) is 38.5. The molecule has 0 saturated carbocycles. The van der Waals surface area contributed by atoms with Gasteiger partial charge in [-0.1, -0.05) is 188 Å². The van der Waals surface area contributed by atoms with Gasteiger partial charge < -0.3 is 71.7 Å². The normalized spacial score (nSPS) is 15.5. The van der Waals surface area contributed by atoms with E-state index in [1.165, 1.54) is 61.8 Å². The predicted octanol–water partition coefficient (Wildman–Crippen LogP) is 4.67. The van der Waals surface area contributed by atoms with E-state index >= 15 is 19.2 Å². The van der Waals surface area contributed by atoms with Crippen LogP contribution < -0.4 is 37.2 Å². The minimum atomic E-state index is -1.66. The highest BCUT2D eigenvalue weighted by Crippen LogP contribution is 2.24. The summed E-state index contributed by atoms with van der Waals surface area (Å²) < 4.78 is 0. The molecule has 0 spiro atoms. The Bertz CT molecular complexity index is 3740. The summed E-state index contributed by atoms with van der Waals surface area (Å²) in [6.45, 7) is 19.2. The highest BCUT2D eigenvalue weighted by atomic mass is 32.2. The molecule has 1 aliphatic heterocycles. The van der Waals surface area contributed by atoms with Gasteiger partial charge >= 0.3 is 0 Å². The number of nitrogens with zero attached hydrogens (tertiary/aromatic N) is 6. The summed E-state index contributed by atoms with van der Waals surface area (Å²) in [5.74, 6) is -9.39. The standard InChI is InChI=1S/C83H121N13O14S/c1-51(2)43-64(93(15)82(109)70(53(5)6)89-73(100)55(9)84-12)77(104)90-71(57(11)97)83(110)94(16)65(46-59-35-25-19-26-36-59)75(102)85-49-68(98)91(13)67(44-52(3)4)81(108)95(17)72(54(7)8)78(105)87-62(45-58-33-23-18-24-34-58)74(101)88-63(48-69(99)111-50-61-39-29-21-30-40-61)80(107)92(14)66(47-60-37-27-20-28-38-60)76(103)86-56(10)79(106)96-41-31-22-32-42-96/h18-21,23-30,33-40,51-57,62-67,70-72,84,97H,22,31-32,41-50H2,1-17H3,(H,85,102)(H,86,103)(H,87,105)(H,88,101)(H,89,100)(H,90,104)/t55-,56-,57+,62-,63-,64-,65-,66-,67-,70-,71-,72-/m0/s1. The van der Waals surface area contributed by atoms with Gasteiger partial charge in [-0.2, -0.15) is 0 Å². The number of likely N-dealkylation sites (tertiary alicyclic amines) is 1. The molecule has 27 nitrogen and oxygen atoms in total. The van der Waals surface area contributed by atoms with Crippen LogP contribution in [-0.2, 0) is 87.3 Å². The van der Waals surface area contributed by atoms with Crippen LogP contribution in [0, 0.1) is 23.7 Å². The molecule has 111 heavy (non-hydrogen) atoms. The lowest BCUT2D eigenvalue weighted by Gasteiger charge is -2.37. The van der Waals surface area contributed by atoms with Crippen LogP contribution in [0.2, 0.25) is 0 Å². The van der Waals surface area contributed by atoms with Crippen molar-refractivity contribution in [1.29, 1.82) is 0 Å². The number of thioether (sulfide) groups is 1. The van der Waals surface area contributed by atoms with Gasteiger partial charge in [0.05, 0.1) is 18.7 Å². The molecule has 1 aliphatic rings. The molecule has 4 aromatic carbocycles. The number of aliphatic hydroxyl groups is 1. The van der Waals surface area contributed by atoms with E-state index in [2.05, 4.69) is 37.2 Å². The molecule has 0 radical (unpaired) electrons. The van der Waals surface area contributed by atoms with Gasteiger partial charge in [0.1, 0.15) is 60.4 Å². The number of carbonyl (C=O) groups is 13. The summed E-state index contributed by atoms with van der Waals surface area (Å²) in [5, 5.41) is 30.3. The second-order valence-electron chi connectivity index (χ2n) is 30.7. The zero-order chi connectivity index (χ0) is 82.5. The fourth-order valence-electron chi connectivity index (χ4n) is 13.3. The van der Waals surface area contributed by atoms with Crippen molar-refractivity contribution in [2.45, 2.75) is 212 Å². The summed E-state index contributed by atoms with van der Waals surface area (Å²) in [7, 11) is 8.56. The zero-order valence-electron chi connectivity index (χ0n) is 67.8. The zero-order valence-corrected chi connectivity index (χ0v) is 68.6. The van der Waals surface area contributed by atoms with Crippen molar-refractivity contribution in [3.8, 4) is 0 Å². The van der Waals surface area contributed by atoms with Crippen LogP contribution in [0.25, 0.3) is 0 Å². The maximum atomic E-state index is 15.3. The van der Waals surface area contributed by atoms with E-state index in [1.807, 2.05) is 58.0 Å². The predicted molar refractivity (Wildman–Crippen MR) is 428 cm³/mol. The Morgan fingerprint density at radius 2 is 0.865 bits per heavy atom. The second kappa shape index (κ2) is 45.1. The Morgan fingerprint density at radius 1 is 0.423 bits per heavy atom. The monoisotopic (exact) mass is 1560 g/mol. The molecule has 0 aromatic heterocycles. The van der Waals surface area contributed by atoms with Gasteiger partial charge in [-0.3, -0.25) is 62.3 Å². The highest BCUT2D eigenvalue weighted by molar-refractivity contribution is 8.12. The van der Waals surface area contributed by atoms with E-state index in [0.717, 1.165) is 41.5 Å². The van der Waals surface area contributed by atoms with Gasteiger partial charge in [0.2, 0.25) is 70.9 Å². The quantitative estimate of drug-likeness (QED) is 0.0299. The molecule has 28 heteroatoms. The third-order valence-corrected chi connectivity index (χ3v) is 21.1. The summed E-state index contributed by atoms with van der Waals surface area (Å²) >= 11 is 0.937. The van der Waals surface area contributed by atoms with Gasteiger partial charge in [0.25, 0.3) is 0 Å². The second-order valence-corrected chi connectivity index (χ2v) is 31.7. The molecule has 0 bridgehead atoms. The van der Waals surface area contributed by atoms with Gasteiger partial charge in [0.15, 0.2) is 5.12 Å². The Hall–Kier alpha value is -9.54. The van der Waals surface area contributed by atoms with Crippen molar-refractivity contribution in [3.05, 3.63) is 144 Å². The molecule has 1 fully saturated rings. The number of piperidine rings is 1. The molecule has 5 rings (SSSR count). The van der Waals surface area contributed by atoms with Crippen LogP contribution >= 0.6 is 11.8 Å². The summed E-state index contributed by atoms with van der Waals surface area (Å²) in [6, 6.07) is 21.9. The Kier molecular flexibility index (Phi) is 37.4. The molecule has 4 aromatic rings. The smallest absolute Gasteiger partial charge is 0.248 e. The van der Waals surface area contributed by atoms with Gasteiger partial charge in [-0.15, -0.1) is 0 Å². The lowest BCUT2D eigenvalue weighted by molar-refractivity contribution is -0.150. The molecule has 12 amide bonds. The van der Waals surface area contributed by atoms with Crippen molar-refractivity contribution >= 4 is 87.8 Å². The number of rotatable bonds is 41. The Morgan fingerprint density at radius 3 is 1.35 bits per heavy atom. The first-order chi connectivity index (χ1) is 52.5. The number of carbonyl (C=O) groups excluding carboxylic acids is 13. The molecule has 12 atom stereocenters. The number of aliphatic hydroxyl groups excluding tert-OH is 1. The average molecular weight is 1560 g/mol. The van der Waals surface area contributed by atoms with Crippen LogP contribution in [0.15, 0.2) is 121 Å². The van der Waals surface area contributed by atoms with Crippen molar-refractivity contribution in [1.82, 2.24) is 66.6 Å². The molecule has 0 unspecified atom stereocenters. The number of hydrogen-bond acceptors (Lipinski definition) is 16. The van der Waals surface area contributed by atoms with E-state index in [4.69, 9.17) is 0 Å². The number of amides is 12. The lowest BCUT2D eigenvalue weighted by Crippen LogP contribution is -2.62. The van der Waals surface area contributed by atoms with E-state index in [1.54, 1.807) is 144 Å². The molecule has 608 valence electrons. The van der Waals surface area contributed by atoms with Crippen LogP contribution in [0.3, 0.4) is 0 Å². The molecule has 8 N–H and O–H groups in total. The van der Waals surface area contributed by atoms with Crippen LogP contribution in [0.5, 0.6) is 0 Å². The van der Waals surface area contributed by atoms with E-state index in [9.17, 15) is 48.3 Å². The third-order valence-electron chi connectivity index (χ3n) is 20.2. The van der Waals surface area contributed by atoms with Crippen LogP contribution in [-0.4, -0.2) is 245 Å². The molecule has 1 heterocycles. The summed E-state index contributed by atoms with van der Waals surface area (Å²) in [4.78, 5) is 197. The van der Waals surface area contributed by atoms with Crippen molar-refractivity contribution in [3.63, 3.8) is 0 Å². The minimum Gasteiger partial charge on any atom is -0.391 e. The first kappa shape index (κ1) is 92.1. The van der Waals surface area contributed by atoms with Gasteiger partial charge in [-0.05, 0) is 106 Å². The number of hydrogen-bond donors (Lipinski definition) is 8. The van der Waals surface area contributed by atoms with Crippen LogP contribution in [0.4, 0.5) is 0 Å². The number of nitrogens with one attached hydrogen (secondary N) is 7. The fourth-order valence-corrected chi connectivity index (χ4v) is 14.1.